The standard InChI is InChI=1S/C21H21FN2O/c1-15-5-6-19(22)18-7-10-24(20(15)18)17-4-2-3-16(13-17)23-11-12-25-21(14-23)8-9-21/h2-7,10,13H,8-9,11-12,14H2,1H3. The topological polar surface area (TPSA) is 17.4 Å². The zero-order chi connectivity index (χ0) is 17.0. The van der Waals surface area contributed by atoms with Gasteiger partial charge in [-0.3, -0.25) is 0 Å². The first kappa shape index (κ1) is 15.0. The third kappa shape index (κ3) is 2.44. The van der Waals surface area contributed by atoms with Crippen LogP contribution in [0.3, 0.4) is 0 Å². The summed E-state index contributed by atoms with van der Waals surface area (Å²) in [5.74, 6) is -0.167. The summed E-state index contributed by atoms with van der Waals surface area (Å²) in [4.78, 5) is 2.42. The van der Waals surface area contributed by atoms with E-state index < -0.39 is 0 Å². The van der Waals surface area contributed by atoms with E-state index in [9.17, 15) is 4.39 Å². The summed E-state index contributed by atoms with van der Waals surface area (Å²) in [6, 6.07) is 13.8. The molecule has 1 aromatic heterocycles. The zero-order valence-electron chi connectivity index (χ0n) is 14.3. The second-order valence-electron chi connectivity index (χ2n) is 7.29. The molecule has 3 aromatic rings. The quantitative estimate of drug-likeness (QED) is 0.688. The largest absolute Gasteiger partial charge is 0.371 e. The van der Waals surface area contributed by atoms with E-state index in [0.29, 0.717) is 5.39 Å². The maximum Gasteiger partial charge on any atom is 0.132 e. The average molecular weight is 336 g/mol. The van der Waals surface area contributed by atoms with Gasteiger partial charge in [0.05, 0.1) is 17.7 Å². The molecule has 128 valence electrons. The lowest BCUT2D eigenvalue weighted by molar-refractivity contribution is 0.0206. The molecule has 2 fully saturated rings. The number of hydrogen-bond acceptors (Lipinski definition) is 2. The molecule has 0 bridgehead atoms. The van der Waals surface area contributed by atoms with Crippen LogP contribution in [0.5, 0.6) is 0 Å². The second-order valence-corrected chi connectivity index (χ2v) is 7.29. The van der Waals surface area contributed by atoms with Crippen LogP contribution in [0.25, 0.3) is 16.6 Å². The lowest BCUT2D eigenvalue weighted by atomic mass is 10.1. The Kier molecular flexibility index (Phi) is 3.19. The molecule has 1 saturated heterocycles. The summed E-state index contributed by atoms with van der Waals surface area (Å²) in [5.41, 5.74) is 4.40. The van der Waals surface area contributed by atoms with Crippen LogP contribution in [-0.4, -0.2) is 29.9 Å². The van der Waals surface area contributed by atoms with Crippen LogP contribution in [0.15, 0.2) is 48.7 Å². The molecule has 0 N–H and O–H groups in total. The van der Waals surface area contributed by atoms with Crippen molar-refractivity contribution in [1.29, 1.82) is 0 Å². The van der Waals surface area contributed by atoms with E-state index in [2.05, 4.69) is 33.7 Å². The van der Waals surface area contributed by atoms with Crippen molar-refractivity contribution in [3.05, 3.63) is 60.0 Å². The lowest BCUT2D eigenvalue weighted by Gasteiger charge is -2.35. The number of fused-ring (bicyclic) bond motifs is 1. The molecule has 25 heavy (non-hydrogen) atoms. The van der Waals surface area contributed by atoms with E-state index in [-0.39, 0.29) is 11.4 Å². The number of anilines is 1. The van der Waals surface area contributed by atoms with E-state index in [1.807, 2.05) is 25.3 Å². The van der Waals surface area contributed by atoms with E-state index in [4.69, 9.17) is 4.74 Å². The molecule has 0 radical (unpaired) electrons. The van der Waals surface area contributed by atoms with Gasteiger partial charge in [-0.1, -0.05) is 12.1 Å². The summed E-state index contributed by atoms with van der Waals surface area (Å²) >= 11 is 0. The predicted octanol–water partition coefficient (Wildman–Crippen LogP) is 4.45. The van der Waals surface area contributed by atoms with Gasteiger partial charge in [-0.05, 0) is 55.7 Å². The van der Waals surface area contributed by atoms with Crippen LogP contribution >= 0.6 is 0 Å². The number of aryl methyl sites for hydroxylation is 1. The smallest absolute Gasteiger partial charge is 0.132 e. The highest BCUT2D eigenvalue weighted by Gasteiger charge is 2.47. The maximum absolute atomic E-state index is 14.1. The van der Waals surface area contributed by atoms with Crippen molar-refractivity contribution < 1.29 is 9.13 Å². The molecule has 2 aromatic carbocycles. The van der Waals surface area contributed by atoms with E-state index >= 15 is 0 Å². The summed E-state index contributed by atoms with van der Waals surface area (Å²) < 4.78 is 22.1. The van der Waals surface area contributed by atoms with Crippen LogP contribution in [0.1, 0.15) is 18.4 Å². The van der Waals surface area contributed by atoms with Gasteiger partial charge in [0.1, 0.15) is 5.82 Å². The van der Waals surface area contributed by atoms with Gasteiger partial charge in [-0.2, -0.15) is 0 Å². The average Bonchev–Trinajstić information content (AvgIpc) is 3.21. The van der Waals surface area contributed by atoms with Gasteiger partial charge < -0.3 is 14.2 Å². The highest BCUT2D eigenvalue weighted by Crippen LogP contribution is 2.43. The Morgan fingerprint density at radius 3 is 2.76 bits per heavy atom. The van der Waals surface area contributed by atoms with E-state index in [0.717, 1.165) is 36.5 Å². The molecular formula is C21H21FN2O. The van der Waals surface area contributed by atoms with Crippen LogP contribution in [0.4, 0.5) is 10.1 Å². The molecule has 3 nitrogen and oxygen atoms in total. The highest BCUT2D eigenvalue weighted by molar-refractivity contribution is 5.85. The van der Waals surface area contributed by atoms with E-state index in [1.165, 1.54) is 18.5 Å². The van der Waals surface area contributed by atoms with Crippen molar-refractivity contribution in [3.63, 3.8) is 0 Å². The van der Waals surface area contributed by atoms with Crippen LogP contribution in [0.2, 0.25) is 0 Å². The lowest BCUT2D eigenvalue weighted by Crippen LogP contribution is -2.44. The molecule has 5 rings (SSSR count). The zero-order valence-corrected chi connectivity index (χ0v) is 14.3. The Hall–Kier alpha value is -2.33. The minimum absolute atomic E-state index is 0.105. The van der Waals surface area contributed by atoms with Crippen molar-refractivity contribution in [2.45, 2.75) is 25.4 Å². The van der Waals surface area contributed by atoms with Crippen LogP contribution < -0.4 is 4.90 Å². The van der Waals surface area contributed by atoms with Crippen molar-refractivity contribution in [1.82, 2.24) is 4.57 Å². The first-order valence-corrected chi connectivity index (χ1v) is 8.91. The van der Waals surface area contributed by atoms with Crippen molar-refractivity contribution in [3.8, 4) is 5.69 Å². The fourth-order valence-electron chi connectivity index (χ4n) is 3.96. The number of ether oxygens (including phenoxy) is 1. The molecular weight excluding hydrogens is 315 g/mol. The molecule has 1 aliphatic carbocycles. The predicted molar refractivity (Wildman–Crippen MR) is 98.1 cm³/mol. The summed E-state index contributed by atoms with van der Waals surface area (Å²) in [5, 5.41) is 0.675. The number of nitrogens with zero attached hydrogens (tertiary/aromatic N) is 2. The van der Waals surface area contributed by atoms with Gasteiger partial charge in [0.15, 0.2) is 0 Å². The van der Waals surface area contributed by atoms with Crippen molar-refractivity contribution >= 4 is 16.6 Å². The van der Waals surface area contributed by atoms with E-state index in [1.54, 1.807) is 6.07 Å². The van der Waals surface area contributed by atoms with Gasteiger partial charge in [-0.25, -0.2) is 4.39 Å². The molecule has 0 atom stereocenters. The minimum atomic E-state index is -0.167. The van der Waals surface area contributed by atoms with Gasteiger partial charge in [-0.15, -0.1) is 0 Å². The summed E-state index contributed by atoms with van der Waals surface area (Å²) in [6.07, 6.45) is 4.30. The van der Waals surface area contributed by atoms with Gasteiger partial charge >= 0.3 is 0 Å². The Morgan fingerprint density at radius 1 is 1.08 bits per heavy atom. The van der Waals surface area contributed by atoms with Crippen LogP contribution in [0, 0.1) is 12.7 Å². The molecule has 0 amide bonds. The SMILES string of the molecule is Cc1ccc(F)c2ccn(-c3cccc(N4CCOC5(CC5)C4)c3)c12. The second kappa shape index (κ2) is 5.33. The minimum Gasteiger partial charge on any atom is -0.371 e. The monoisotopic (exact) mass is 336 g/mol. The maximum atomic E-state index is 14.1. The number of hydrogen-bond donors (Lipinski definition) is 0. The number of halogens is 1. The summed E-state index contributed by atoms with van der Waals surface area (Å²) in [6.45, 7) is 4.71. The number of benzene rings is 2. The fraction of sp³-hybridized carbons (Fsp3) is 0.333. The van der Waals surface area contributed by atoms with Crippen molar-refractivity contribution in [2.75, 3.05) is 24.6 Å². The first-order valence-electron chi connectivity index (χ1n) is 8.91. The molecule has 1 aliphatic heterocycles. The van der Waals surface area contributed by atoms with Gasteiger partial charge in [0, 0.05) is 36.0 Å². The molecule has 0 unspecified atom stereocenters. The third-order valence-corrected chi connectivity index (χ3v) is 5.53. The molecule has 2 aliphatic rings. The van der Waals surface area contributed by atoms with Crippen molar-refractivity contribution in [2.24, 2.45) is 0 Å². The Morgan fingerprint density at radius 2 is 1.92 bits per heavy atom. The highest BCUT2D eigenvalue weighted by atomic mass is 19.1. The summed E-state index contributed by atoms with van der Waals surface area (Å²) in [7, 11) is 0. The molecule has 2 heterocycles. The van der Waals surface area contributed by atoms with Gasteiger partial charge in [0.25, 0.3) is 0 Å². The third-order valence-electron chi connectivity index (χ3n) is 5.53. The Balaban J connectivity index is 1.56. The van der Waals surface area contributed by atoms with Gasteiger partial charge in [0.2, 0.25) is 0 Å². The Labute approximate surface area is 146 Å². The molecule has 1 saturated carbocycles. The number of rotatable bonds is 2. The molecule has 4 heteroatoms. The first-order chi connectivity index (χ1) is 12.2. The normalized spacial score (nSPS) is 18.9. The molecule has 1 spiro atoms. The number of aromatic nitrogens is 1. The fourth-order valence-corrected chi connectivity index (χ4v) is 3.96. The van der Waals surface area contributed by atoms with Crippen LogP contribution in [-0.2, 0) is 4.74 Å². The number of morpholine rings is 1. The Bertz CT molecular complexity index is 958.